The highest BCUT2D eigenvalue weighted by Crippen LogP contribution is 2.33. The van der Waals surface area contributed by atoms with Gasteiger partial charge in [0.05, 0.1) is 0 Å². The molecule has 0 spiro atoms. The van der Waals surface area contributed by atoms with Crippen LogP contribution in [-0.2, 0) is 6.42 Å². The predicted octanol–water partition coefficient (Wildman–Crippen LogP) is 4.26. The largest absolute Gasteiger partial charge is 0.294 e. The fraction of sp³-hybridized carbons (Fsp3) is 0.562. The number of rotatable bonds is 4. The van der Waals surface area contributed by atoms with E-state index in [1.54, 1.807) is 0 Å². The molecule has 0 bridgehead atoms. The van der Waals surface area contributed by atoms with E-state index >= 15 is 0 Å². The van der Waals surface area contributed by atoms with Gasteiger partial charge in [-0.25, -0.2) is 0 Å². The van der Waals surface area contributed by atoms with E-state index in [0.29, 0.717) is 11.7 Å². The van der Waals surface area contributed by atoms with E-state index in [-0.39, 0.29) is 5.92 Å². The molecule has 1 nitrogen and oxygen atoms in total. The lowest BCUT2D eigenvalue weighted by Gasteiger charge is -2.14. The van der Waals surface area contributed by atoms with Gasteiger partial charge in [0.1, 0.15) is 0 Å². The van der Waals surface area contributed by atoms with Crippen molar-refractivity contribution in [2.75, 3.05) is 0 Å². The first-order valence-corrected chi connectivity index (χ1v) is 6.85. The van der Waals surface area contributed by atoms with Gasteiger partial charge in [-0.2, -0.15) is 0 Å². The van der Waals surface area contributed by atoms with Crippen LogP contribution in [0.25, 0.3) is 0 Å². The number of hydrogen-bond donors (Lipinski definition) is 0. The number of aryl methyl sites for hydroxylation is 1. The molecule has 1 aliphatic carbocycles. The first kappa shape index (κ1) is 12.3. The third-order valence-corrected chi connectivity index (χ3v) is 3.95. The van der Waals surface area contributed by atoms with Crippen molar-refractivity contribution in [3.05, 3.63) is 35.4 Å². The Balaban J connectivity index is 2.15. The molecule has 92 valence electrons. The highest BCUT2D eigenvalue weighted by atomic mass is 16.1. The number of ketones is 1. The van der Waals surface area contributed by atoms with E-state index in [2.05, 4.69) is 26.0 Å². The Morgan fingerprint density at radius 1 is 1.35 bits per heavy atom. The smallest absolute Gasteiger partial charge is 0.166 e. The van der Waals surface area contributed by atoms with Crippen LogP contribution >= 0.6 is 0 Å². The summed E-state index contributed by atoms with van der Waals surface area (Å²) in [7, 11) is 0. The Labute approximate surface area is 104 Å². The topological polar surface area (TPSA) is 17.1 Å². The average Bonchev–Trinajstić information content (AvgIpc) is 2.75. The minimum absolute atomic E-state index is 0.270. The van der Waals surface area contributed by atoms with Crippen molar-refractivity contribution >= 4 is 5.78 Å². The van der Waals surface area contributed by atoms with Gasteiger partial charge in [-0.15, -0.1) is 0 Å². The summed E-state index contributed by atoms with van der Waals surface area (Å²) in [6, 6.07) is 8.22. The normalized spacial score (nSPS) is 23.9. The summed E-state index contributed by atoms with van der Waals surface area (Å²) in [4.78, 5) is 12.4. The number of Topliss-reactive ketones (excluding diaryl/α,β-unsaturated/α-hetero) is 1. The molecule has 1 fully saturated rings. The lowest BCUT2D eigenvalue weighted by molar-refractivity contribution is 0.0897. The summed E-state index contributed by atoms with van der Waals surface area (Å²) in [5.74, 6) is 1.21. The summed E-state index contributed by atoms with van der Waals surface area (Å²) in [6.07, 6.45) is 5.72. The summed E-state index contributed by atoms with van der Waals surface area (Å²) in [5.41, 5.74) is 2.22. The minimum Gasteiger partial charge on any atom is -0.294 e. The third kappa shape index (κ3) is 2.77. The highest BCUT2D eigenvalue weighted by molar-refractivity contribution is 5.98. The summed E-state index contributed by atoms with van der Waals surface area (Å²) >= 11 is 0. The molecule has 0 amide bonds. The fourth-order valence-corrected chi connectivity index (χ4v) is 2.92. The van der Waals surface area contributed by atoms with Crippen molar-refractivity contribution in [2.45, 2.75) is 46.0 Å². The molecule has 17 heavy (non-hydrogen) atoms. The Morgan fingerprint density at radius 2 is 2.18 bits per heavy atom. The van der Waals surface area contributed by atoms with Crippen LogP contribution < -0.4 is 0 Å². The molecule has 2 unspecified atom stereocenters. The van der Waals surface area contributed by atoms with Crippen LogP contribution in [-0.4, -0.2) is 5.78 Å². The first-order valence-electron chi connectivity index (χ1n) is 6.85. The van der Waals surface area contributed by atoms with Crippen molar-refractivity contribution in [3.63, 3.8) is 0 Å². The SMILES string of the molecule is CCCc1cccc(C(=O)C2CCCC2C)c1. The predicted molar refractivity (Wildman–Crippen MR) is 71.3 cm³/mol. The maximum atomic E-state index is 12.4. The van der Waals surface area contributed by atoms with Gasteiger partial charge in [-0.05, 0) is 36.8 Å². The monoisotopic (exact) mass is 230 g/mol. The van der Waals surface area contributed by atoms with E-state index in [1.165, 1.54) is 18.4 Å². The lowest BCUT2D eigenvalue weighted by atomic mass is 9.89. The second-order valence-electron chi connectivity index (χ2n) is 5.33. The van der Waals surface area contributed by atoms with Crippen molar-refractivity contribution in [2.24, 2.45) is 11.8 Å². The van der Waals surface area contributed by atoms with Crippen LogP contribution in [0.15, 0.2) is 24.3 Å². The standard InChI is InChI=1S/C16H22O/c1-3-6-13-8-5-9-14(11-13)16(17)15-10-4-7-12(15)2/h5,8-9,11-12,15H,3-4,6-7,10H2,1-2H3. The second kappa shape index (κ2) is 5.48. The maximum absolute atomic E-state index is 12.4. The summed E-state index contributed by atoms with van der Waals surface area (Å²) in [6.45, 7) is 4.39. The molecule has 0 aromatic heterocycles. The quantitative estimate of drug-likeness (QED) is 0.706. The van der Waals surface area contributed by atoms with Gasteiger partial charge < -0.3 is 0 Å². The Morgan fingerprint density at radius 3 is 2.82 bits per heavy atom. The molecule has 1 aromatic rings. The number of benzene rings is 1. The fourth-order valence-electron chi connectivity index (χ4n) is 2.92. The lowest BCUT2D eigenvalue weighted by Crippen LogP contribution is -2.17. The van der Waals surface area contributed by atoms with Crippen molar-refractivity contribution in [3.8, 4) is 0 Å². The van der Waals surface area contributed by atoms with Crippen LogP contribution in [0.1, 0.15) is 55.5 Å². The average molecular weight is 230 g/mol. The molecule has 1 aromatic carbocycles. The van der Waals surface area contributed by atoms with Crippen molar-refractivity contribution in [1.82, 2.24) is 0 Å². The van der Waals surface area contributed by atoms with Gasteiger partial charge in [0.2, 0.25) is 0 Å². The summed E-state index contributed by atoms with van der Waals surface area (Å²) < 4.78 is 0. The Hall–Kier alpha value is -1.11. The van der Waals surface area contributed by atoms with E-state index in [0.717, 1.165) is 24.8 Å². The second-order valence-corrected chi connectivity index (χ2v) is 5.33. The van der Waals surface area contributed by atoms with Crippen LogP contribution in [0.4, 0.5) is 0 Å². The molecule has 0 heterocycles. The van der Waals surface area contributed by atoms with E-state index in [9.17, 15) is 4.79 Å². The maximum Gasteiger partial charge on any atom is 0.166 e. The van der Waals surface area contributed by atoms with Gasteiger partial charge in [-0.3, -0.25) is 4.79 Å². The molecule has 0 aliphatic heterocycles. The van der Waals surface area contributed by atoms with E-state index < -0.39 is 0 Å². The molecule has 0 radical (unpaired) electrons. The highest BCUT2D eigenvalue weighted by Gasteiger charge is 2.30. The van der Waals surface area contributed by atoms with E-state index in [4.69, 9.17) is 0 Å². The molecule has 0 saturated heterocycles. The molecule has 2 rings (SSSR count). The van der Waals surface area contributed by atoms with Crippen LogP contribution in [0.2, 0.25) is 0 Å². The zero-order valence-corrected chi connectivity index (χ0v) is 10.9. The number of carbonyl (C=O) groups is 1. The molecule has 1 heteroatoms. The zero-order chi connectivity index (χ0) is 12.3. The molecule has 2 atom stereocenters. The van der Waals surface area contributed by atoms with Crippen LogP contribution in [0, 0.1) is 11.8 Å². The summed E-state index contributed by atoms with van der Waals surface area (Å²) in [5, 5.41) is 0. The van der Waals surface area contributed by atoms with Crippen molar-refractivity contribution in [1.29, 1.82) is 0 Å². The molecule has 0 N–H and O–H groups in total. The van der Waals surface area contributed by atoms with Gasteiger partial charge in [0.25, 0.3) is 0 Å². The van der Waals surface area contributed by atoms with Gasteiger partial charge in [-0.1, -0.05) is 44.9 Å². The first-order chi connectivity index (χ1) is 8.22. The zero-order valence-electron chi connectivity index (χ0n) is 10.9. The molecular weight excluding hydrogens is 208 g/mol. The van der Waals surface area contributed by atoms with Gasteiger partial charge in [0.15, 0.2) is 5.78 Å². The molecular formula is C16H22O. The van der Waals surface area contributed by atoms with Gasteiger partial charge >= 0.3 is 0 Å². The van der Waals surface area contributed by atoms with Crippen molar-refractivity contribution < 1.29 is 4.79 Å². The minimum atomic E-state index is 0.270. The Kier molecular flexibility index (Phi) is 3.98. The van der Waals surface area contributed by atoms with Crippen LogP contribution in [0.3, 0.4) is 0 Å². The molecule has 1 saturated carbocycles. The number of carbonyl (C=O) groups excluding carboxylic acids is 1. The van der Waals surface area contributed by atoms with Crippen LogP contribution in [0.5, 0.6) is 0 Å². The molecule has 1 aliphatic rings. The van der Waals surface area contributed by atoms with E-state index in [1.807, 2.05) is 12.1 Å². The third-order valence-electron chi connectivity index (χ3n) is 3.95. The van der Waals surface area contributed by atoms with Gasteiger partial charge in [0, 0.05) is 11.5 Å². The Bertz CT molecular complexity index is 394. The number of hydrogen-bond acceptors (Lipinski definition) is 1.